The Labute approximate surface area is 61.6 Å². The molecule has 0 aliphatic heterocycles. The molecule has 2 aromatic rings. The van der Waals surface area contributed by atoms with E-state index in [1.165, 1.54) is 0 Å². The van der Waals surface area contributed by atoms with Crippen LogP contribution < -0.4 is 0 Å². The topological polar surface area (TPSA) is 46.0 Å². The third kappa shape index (κ3) is 0.714. The molecule has 0 aliphatic rings. The summed E-state index contributed by atoms with van der Waals surface area (Å²) >= 11 is 4.79. The van der Waals surface area contributed by atoms with Gasteiger partial charge in [0.15, 0.2) is 0 Å². The first-order valence-electron chi connectivity index (χ1n) is 2.74. The molecule has 0 radical (unpaired) electrons. The maximum absolute atomic E-state index is 4.79. The largest absolute Gasteiger partial charge is 0.300 e. The molecule has 0 spiro atoms. The summed E-state index contributed by atoms with van der Waals surface area (Å²) in [6.45, 7) is 0. The van der Waals surface area contributed by atoms with E-state index >= 15 is 0 Å². The Balaban J connectivity index is 2.99. The second-order valence-corrected chi connectivity index (χ2v) is 2.22. The third-order valence-electron chi connectivity index (χ3n) is 1.19. The lowest BCUT2D eigenvalue weighted by atomic mass is 10.9. The maximum atomic E-state index is 4.79. The molecule has 2 heterocycles. The molecule has 0 atom stereocenters. The van der Waals surface area contributed by atoms with Crippen LogP contribution in [0.4, 0.5) is 0 Å². The molecule has 0 bridgehead atoms. The molecule has 0 saturated carbocycles. The summed E-state index contributed by atoms with van der Waals surface area (Å²) in [6.07, 6.45) is 5.11. The zero-order valence-electron chi connectivity index (χ0n) is 4.98. The van der Waals surface area contributed by atoms with Gasteiger partial charge in [-0.3, -0.25) is 4.40 Å². The molecule has 0 aliphatic carbocycles. The highest BCUT2D eigenvalue weighted by atomic mass is 32.1. The fourth-order valence-electron chi connectivity index (χ4n) is 0.746. The van der Waals surface area contributed by atoms with Gasteiger partial charge in [-0.2, -0.15) is 0 Å². The lowest BCUT2D eigenvalue weighted by Crippen LogP contribution is -1.89. The van der Waals surface area contributed by atoms with Crippen molar-refractivity contribution in [2.75, 3.05) is 0 Å². The van der Waals surface area contributed by atoms with Gasteiger partial charge in [0.2, 0.25) is 10.5 Å². The van der Waals surface area contributed by atoms with Crippen LogP contribution in [0, 0.1) is 4.77 Å². The van der Waals surface area contributed by atoms with Crippen LogP contribution in [-0.2, 0) is 0 Å². The summed E-state index contributed by atoms with van der Waals surface area (Å²) in [4.78, 5) is 10.7. The Bertz CT molecular complexity index is 401. The number of nitrogens with one attached hydrogen (secondary N) is 1. The summed E-state index contributed by atoms with van der Waals surface area (Å²) < 4.78 is 2.22. The molecule has 10 heavy (non-hydrogen) atoms. The van der Waals surface area contributed by atoms with E-state index in [0.29, 0.717) is 4.77 Å². The number of aromatic amines is 1. The van der Waals surface area contributed by atoms with Crippen molar-refractivity contribution in [1.82, 2.24) is 19.4 Å². The van der Waals surface area contributed by atoms with Crippen LogP contribution in [0.15, 0.2) is 18.7 Å². The Morgan fingerprint density at radius 1 is 1.50 bits per heavy atom. The van der Waals surface area contributed by atoms with E-state index < -0.39 is 0 Å². The lowest BCUT2D eigenvalue weighted by molar-refractivity contribution is 0.994. The van der Waals surface area contributed by atoms with Gasteiger partial charge in [0, 0.05) is 12.4 Å². The van der Waals surface area contributed by atoms with Crippen molar-refractivity contribution >= 4 is 18.0 Å². The molecule has 5 heteroatoms. The summed E-state index contributed by atoms with van der Waals surface area (Å²) in [5, 5.41) is 0. The summed E-state index contributed by atoms with van der Waals surface area (Å²) in [5.74, 6) is 0.722. The van der Waals surface area contributed by atoms with E-state index in [1.54, 1.807) is 23.1 Å². The van der Waals surface area contributed by atoms with Crippen molar-refractivity contribution in [2.45, 2.75) is 0 Å². The summed E-state index contributed by atoms with van der Waals surface area (Å²) in [6, 6.07) is 0. The highest BCUT2D eigenvalue weighted by Crippen LogP contribution is 1.91. The number of hydrogen-bond acceptors (Lipinski definition) is 3. The van der Waals surface area contributed by atoms with Crippen LogP contribution in [0.2, 0.25) is 0 Å². The van der Waals surface area contributed by atoms with Crippen LogP contribution in [0.3, 0.4) is 0 Å². The Hall–Kier alpha value is -1.23. The Morgan fingerprint density at radius 2 is 2.40 bits per heavy atom. The zero-order valence-corrected chi connectivity index (χ0v) is 5.80. The predicted octanol–water partition coefficient (Wildman–Crippen LogP) is 0.787. The highest BCUT2D eigenvalue weighted by Gasteiger charge is 1.89. The molecule has 2 rings (SSSR count). The van der Waals surface area contributed by atoms with Gasteiger partial charge >= 0.3 is 0 Å². The van der Waals surface area contributed by atoms with Gasteiger partial charge in [-0.05, 0) is 12.2 Å². The van der Waals surface area contributed by atoms with Crippen LogP contribution in [-0.4, -0.2) is 19.4 Å². The molecule has 1 N–H and O–H groups in total. The minimum Gasteiger partial charge on any atom is -0.300 e. The highest BCUT2D eigenvalue weighted by molar-refractivity contribution is 7.71. The van der Waals surface area contributed by atoms with Gasteiger partial charge in [-0.15, -0.1) is 0 Å². The first-order valence-corrected chi connectivity index (χ1v) is 3.15. The first kappa shape index (κ1) is 5.55. The quantitative estimate of drug-likeness (QED) is 0.567. The second-order valence-electron chi connectivity index (χ2n) is 1.83. The normalized spacial score (nSPS) is 10.4. The van der Waals surface area contributed by atoms with Crippen LogP contribution >= 0.6 is 12.2 Å². The number of rotatable bonds is 0. The van der Waals surface area contributed by atoms with E-state index in [0.717, 1.165) is 5.78 Å². The molecular weight excluding hydrogens is 148 g/mol. The van der Waals surface area contributed by atoms with Crippen molar-refractivity contribution in [3.63, 3.8) is 0 Å². The SMILES string of the molecule is S=c1ncn2ccnc2[nH]1. The predicted molar refractivity (Wildman–Crippen MR) is 38.2 cm³/mol. The van der Waals surface area contributed by atoms with Crippen molar-refractivity contribution in [2.24, 2.45) is 0 Å². The standard InChI is InChI=1S/C5H4N4S/c10-5-7-3-9-2-1-6-4(9)8-5/h1-3H,(H,6,8,10). The van der Waals surface area contributed by atoms with E-state index in [4.69, 9.17) is 12.2 Å². The minimum absolute atomic E-state index is 0.457. The molecule has 0 fully saturated rings. The maximum Gasteiger partial charge on any atom is 0.214 e. The minimum atomic E-state index is 0.457. The molecule has 50 valence electrons. The van der Waals surface area contributed by atoms with Crippen LogP contribution in [0.25, 0.3) is 5.78 Å². The van der Waals surface area contributed by atoms with Crippen molar-refractivity contribution in [3.8, 4) is 0 Å². The van der Waals surface area contributed by atoms with Crippen molar-refractivity contribution in [3.05, 3.63) is 23.5 Å². The number of imidazole rings is 1. The van der Waals surface area contributed by atoms with Gasteiger partial charge in [0.05, 0.1) is 0 Å². The molecule has 2 aromatic heterocycles. The van der Waals surface area contributed by atoms with Crippen LogP contribution in [0.1, 0.15) is 0 Å². The average molecular weight is 152 g/mol. The monoisotopic (exact) mass is 152 g/mol. The fourth-order valence-corrected chi connectivity index (χ4v) is 0.884. The number of H-pyrrole nitrogens is 1. The summed E-state index contributed by atoms with van der Waals surface area (Å²) in [5.41, 5.74) is 0. The number of hydrogen-bond donors (Lipinski definition) is 1. The van der Waals surface area contributed by atoms with Gasteiger partial charge in [-0.25, -0.2) is 9.97 Å². The Kier molecular flexibility index (Phi) is 1.04. The van der Waals surface area contributed by atoms with E-state index in [2.05, 4.69) is 15.0 Å². The fraction of sp³-hybridized carbons (Fsp3) is 0. The molecule has 0 aromatic carbocycles. The van der Waals surface area contributed by atoms with Gasteiger partial charge in [-0.1, -0.05) is 0 Å². The molecule has 4 nitrogen and oxygen atoms in total. The van der Waals surface area contributed by atoms with Crippen molar-refractivity contribution in [1.29, 1.82) is 0 Å². The van der Waals surface area contributed by atoms with Gasteiger partial charge < -0.3 is 4.98 Å². The molecule has 0 amide bonds. The summed E-state index contributed by atoms with van der Waals surface area (Å²) in [7, 11) is 0. The third-order valence-corrected chi connectivity index (χ3v) is 1.39. The molecule has 0 unspecified atom stereocenters. The van der Waals surface area contributed by atoms with E-state index in [9.17, 15) is 0 Å². The Morgan fingerprint density at radius 3 is 3.30 bits per heavy atom. The van der Waals surface area contributed by atoms with Gasteiger partial charge in [0.25, 0.3) is 0 Å². The second kappa shape index (κ2) is 1.88. The lowest BCUT2D eigenvalue weighted by Gasteiger charge is -1.88. The number of aromatic nitrogens is 4. The smallest absolute Gasteiger partial charge is 0.214 e. The molecular formula is C5H4N4S. The van der Waals surface area contributed by atoms with E-state index in [1.807, 2.05) is 0 Å². The first-order chi connectivity index (χ1) is 4.86. The van der Waals surface area contributed by atoms with Gasteiger partial charge in [0.1, 0.15) is 6.33 Å². The zero-order chi connectivity index (χ0) is 6.97. The number of fused-ring (bicyclic) bond motifs is 1. The van der Waals surface area contributed by atoms with E-state index in [-0.39, 0.29) is 0 Å². The average Bonchev–Trinajstić information content (AvgIpc) is 2.33. The van der Waals surface area contributed by atoms with Crippen LogP contribution in [0.5, 0.6) is 0 Å². The molecule has 0 saturated heterocycles. The van der Waals surface area contributed by atoms with Crippen molar-refractivity contribution < 1.29 is 0 Å². The number of nitrogens with zero attached hydrogens (tertiary/aromatic N) is 3.